The van der Waals surface area contributed by atoms with Crippen molar-refractivity contribution in [3.05, 3.63) is 26.4 Å². The molecule has 116 valence electrons. The number of hydrogen-bond donors (Lipinski definition) is 0. The van der Waals surface area contributed by atoms with Crippen LogP contribution in [0.5, 0.6) is 5.88 Å². The lowest BCUT2D eigenvalue weighted by Gasteiger charge is -2.48. The monoisotopic (exact) mass is 292 g/mol. The van der Waals surface area contributed by atoms with E-state index < -0.39 is 0 Å². The second-order valence-electron chi connectivity index (χ2n) is 7.26. The summed E-state index contributed by atoms with van der Waals surface area (Å²) >= 11 is 0. The summed E-state index contributed by atoms with van der Waals surface area (Å²) in [7, 11) is 3.23. The zero-order chi connectivity index (χ0) is 15.5. The van der Waals surface area contributed by atoms with Gasteiger partial charge in [-0.3, -0.25) is 13.9 Å². The van der Waals surface area contributed by atoms with E-state index in [4.69, 9.17) is 4.74 Å². The van der Waals surface area contributed by atoms with E-state index >= 15 is 0 Å². The van der Waals surface area contributed by atoms with Gasteiger partial charge in [0.25, 0.3) is 5.56 Å². The van der Waals surface area contributed by atoms with Gasteiger partial charge in [-0.2, -0.15) is 0 Å². The molecule has 1 aliphatic heterocycles. The molecule has 0 amide bonds. The molecule has 3 atom stereocenters. The van der Waals surface area contributed by atoms with E-state index in [1.165, 1.54) is 15.6 Å². The van der Waals surface area contributed by atoms with Gasteiger partial charge in [-0.05, 0) is 32.6 Å². The van der Waals surface area contributed by atoms with Crippen molar-refractivity contribution >= 4 is 0 Å². The Balaban J connectivity index is 2.29. The Hall–Kier alpha value is -1.52. The van der Waals surface area contributed by atoms with Gasteiger partial charge in [-0.25, -0.2) is 4.79 Å². The van der Waals surface area contributed by atoms with Gasteiger partial charge in [0.1, 0.15) is 5.60 Å². The van der Waals surface area contributed by atoms with Gasteiger partial charge in [-0.1, -0.05) is 13.3 Å². The van der Waals surface area contributed by atoms with Gasteiger partial charge < -0.3 is 4.74 Å². The highest BCUT2D eigenvalue weighted by Gasteiger charge is 2.48. The average molecular weight is 292 g/mol. The molecule has 0 unspecified atom stereocenters. The minimum absolute atomic E-state index is 0.187. The molecule has 0 bridgehead atoms. The number of rotatable bonds is 0. The lowest BCUT2D eigenvalue weighted by atomic mass is 9.65. The molecule has 0 saturated heterocycles. The van der Waals surface area contributed by atoms with Crippen LogP contribution in [0.4, 0.5) is 0 Å². The molecule has 2 aliphatic rings. The summed E-state index contributed by atoms with van der Waals surface area (Å²) < 4.78 is 8.81. The Bertz CT molecular complexity index is 699. The summed E-state index contributed by atoms with van der Waals surface area (Å²) in [5.41, 5.74) is -0.144. The van der Waals surface area contributed by atoms with E-state index in [1.54, 1.807) is 14.1 Å². The fourth-order valence-corrected chi connectivity index (χ4v) is 4.15. The maximum Gasteiger partial charge on any atom is 0.333 e. The topological polar surface area (TPSA) is 53.2 Å². The van der Waals surface area contributed by atoms with Crippen molar-refractivity contribution in [2.75, 3.05) is 0 Å². The van der Waals surface area contributed by atoms with Crippen LogP contribution in [0.15, 0.2) is 9.59 Å². The Morgan fingerprint density at radius 1 is 1.14 bits per heavy atom. The van der Waals surface area contributed by atoms with E-state index in [0.29, 0.717) is 23.3 Å². The molecule has 2 heterocycles. The van der Waals surface area contributed by atoms with Crippen LogP contribution < -0.4 is 16.0 Å². The first-order valence-electron chi connectivity index (χ1n) is 7.73. The Labute approximate surface area is 124 Å². The van der Waals surface area contributed by atoms with Gasteiger partial charge >= 0.3 is 5.69 Å². The van der Waals surface area contributed by atoms with Crippen LogP contribution in [-0.4, -0.2) is 14.7 Å². The van der Waals surface area contributed by atoms with E-state index in [2.05, 4.69) is 20.8 Å². The summed E-state index contributed by atoms with van der Waals surface area (Å²) in [6.07, 6.45) is 3.25. The third kappa shape index (κ3) is 1.97. The van der Waals surface area contributed by atoms with E-state index in [1.807, 2.05) is 0 Å². The maximum atomic E-state index is 12.6. The smallest absolute Gasteiger partial charge is 0.333 e. The Morgan fingerprint density at radius 3 is 2.48 bits per heavy atom. The highest BCUT2D eigenvalue weighted by atomic mass is 16.5. The molecular formula is C16H24N2O3. The molecule has 1 aromatic rings. The Morgan fingerprint density at radius 2 is 1.81 bits per heavy atom. The minimum Gasteiger partial charge on any atom is -0.472 e. The first-order valence-corrected chi connectivity index (χ1v) is 7.73. The predicted molar refractivity (Wildman–Crippen MR) is 80.9 cm³/mol. The van der Waals surface area contributed by atoms with Crippen LogP contribution >= 0.6 is 0 Å². The number of fused-ring (bicyclic) bond motifs is 3. The molecule has 1 aromatic heterocycles. The number of ether oxygens (including phenoxy) is 1. The van der Waals surface area contributed by atoms with Gasteiger partial charge in [0.15, 0.2) is 0 Å². The molecule has 0 spiro atoms. The lowest BCUT2D eigenvalue weighted by Crippen LogP contribution is -2.52. The fourth-order valence-electron chi connectivity index (χ4n) is 4.15. The van der Waals surface area contributed by atoms with Crippen molar-refractivity contribution in [3.8, 4) is 5.88 Å². The Kier molecular flexibility index (Phi) is 3.08. The van der Waals surface area contributed by atoms with Gasteiger partial charge in [0.2, 0.25) is 5.88 Å². The van der Waals surface area contributed by atoms with E-state index in [0.717, 1.165) is 12.8 Å². The third-order valence-corrected chi connectivity index (χ3v) is 5.38. The molecule has 3 rings (SSSR count). The zero-order valence-corrected chi connectivity index (χ0v) is 13.5. The summed E-state index contributed by atoms with van der Waals surface area (Å²) in [6.45, 7) is 6.39. The van der Waals surface area contributed by atoms with Crippen LogP contribution in [0.1, 0.15) is 51.5 Å². The average Bonchev–Trinajstić information content (AvgIpc) is 2.41. The molecule has 0 N–H and O–H groups in total. The zero-order valence-electron chi connectivity index (χ0n) is 13.5. The molecule has 1 aliphatic carbocycles. The maximum absolute atomic E-state index is 12.6. The molecule has 0 radical (unpaired) electrons. The molecule has 21 heavy (non-hydrogen) atoms. The van der Waals surface area contributed by atoms with Crippen molar-refractivity contribution in [1.29, 1.82) is 0 Å². The molecule has 5 heteroatoms. The van der Waals surface area contributed by atoms with E-state index in [-0.39, 0.29) is 22.8 Å². The van der Waals surface area contributed by atoms with Crippen LogP contribution in [0.25, 0.3) is 0 Å². The van der Waals surface area contributed by atoms with Crippen LogP contribution in [-0.2, 0) is 14.1 Å². The minimum atomic E-state index is -0.339. The van der Waals surface area contributed by atoms with Crippen molar-refractivity contribution in [3.63, 3.8) is 0 Å². The van der Waals surface area contributed by atoms with Crippen molar-refractivity contribution < 1.29 is 4.74 Å². The first-order chi connectivity index (χ1) is 9.74. The third-order valence-electron chi connectivity index (χ3n) is 5.38. The summed E-state index contributed by atoms with van der Waals surface area (Å²) in [4.78, 5) is 24.8. The van der Waals surface area contributed by atoms with Crippen molar-refractivity contribution in [2.45, 2.75) is 51.6 Å². The van der Waals surface area contributed by atoms with Crippen LogP contribution in [0.3, 0.4) is 0 Å². The summed E-state index contributed by atoms with van der Waals surface area (Å²) in [5, 5.41) is 0. The number of nitrogens with zero attached hydrogens (tertiary/aromatic N) is 2. The fraction of sp³-hybridized carbons (Fsp3) is 0.750. The molecule has 0 aromatic carbocycles. The molecule has 5 nitrogen and oxygen atoms in total. The predicted octanol–water partition coefficient (Wildman–Crippen LogP) is 1.77. The van der Waals surface area contributed by atoms with Gasteiger partial charge in [-0.15, -0.1) is 0 Å². The molecule has 1 saturated carbocycles. The second-order valence-corrected chi connectivity index (χ2v) is 7.26. The normalized spacial score (nSPS) is 30.2. The first kappa shape index (κ1) is 14.4. The van der Waals surface area contributed by atoms with Crippen molar-refractivity contribution in [2.24, 2.45) is 25.9 Å². The number of hydrogen-bond acceptors (Lipinski definition) is 3. The molecular weight excluding hydrogens is 268 g/mol. The number of aromatic nitrogens is 2. The SMILES string of the molecule is C[C@@H]1CC[C@@H]2[C@@H](C1)c1c(n(C)c(=O)n(C)c1=O)OC2(C)C. The standard InChI is InChI=1S/C16H24N2O3/c1-9-6-7-11-10(8-9)12-13(19)17(4)15(20)18(5)14(12)21-16(11,2)3/h9-11H,6-8H2,1-5H3/t9-,10-,11-/m1/s1. The van der Waals surface area contributed by atoms with Gasteiger partial charge in [0, 0.05) is 25.9 Å². The quantitative estimate of drug-likeness (QED) is 0.732. The largest absolute Gasteiger partial charge is 0.472 e. The summed E-state index contributed by atoms with van der Waals surface area (Å²) in [6, 6.07) is 0. The van der Waals surface area contributed by atoms with Crippen LogP contribution in [0, 0.1) is 11.8 Å². The lowest BCUT2D eigenvalue weighted by molar-refractivity contribution is -0.0225. The summed E-state index contributed by atoms with van der Waals surface area (Å²) in [5.74, 6) is 1.61. The van der Waals surface area contributed by atoms with Crippen LogP contribution in [0.2, 0.25) is 0 Å². The highest BCUT2D eigenvalue weighted by molar-refractivity contribution is 5.34. The highest BCUT2D eigenvalue weighted by Crippen LogP contribution is 2.51. The van der Waals surface area contributed by atoms with E-state index in [9.17, 15) is 9.59 Å². The molecule has 1 fully saturated rings. The second kappa shape index (κ2) is 4.49. The van der Waals surface area contributed by atoms with Crippen molar-refractivity contribution in [1.82, 2.24) is 9.13 Å². The van der Waals surface area contributed by atoms with Gasteiger partial charge in [0.05, 0.1) is 5.56 Å².